The van der Waals surface area contributed by atoms with Crippen molar-refractivity contribution < 1.29 is 9.47 Å². The van der Waals surface area contributed by atoms with Gasteiger partial charge >= 0.3 is 0 Å². The molecule has 2 atom stereocenters. The van der Waals surface area contributed by atoms with Crippen LogP contribution in [-0.4, -0.2) is 40.0 Å². The van der Waals surface area contributed by atoms with Crippen molar-refractivity contribution in [3.05, 3.63) is 0 Å². The van der Waals surface area contributed by atoms with Gasteiger partial charge in [0.25, 0.3) is 0 Å². The second-order valence-electron chi connectivity index (χ2n) is 2.98. The molecule has 12 heavy (non-hydrogen) atoms. The van der Waals surface area contributed by atoms with E-state index in [2.05, 4.69) is 5.32 Å². The monoisotopic (exact) mass is 195 g/mol. The van der Waals surface area contributed by atoms with E-state index in [0.29, 0.717) is 12.0 Å². The molecule has 1 saturated heterocycles. The van der Waals surface area contributed by atoms with Crippen LogP contribution in [0.5, 0.6) is 0 Å². The molecule has 1 fully saturated rings. The van der Waals surface area contributed by atoms with Gasteiger partial charge in [-0.05, 0) is 13.0 Å². The Morgan fingerprint density at radius 1 is 1.42 bits per heavy atom. The standard InChI is InChI=1S/C8H17NO2.ClH/c1-10-6-7-3-4-9-5-8(7)11-2;/h7-9H,3-6H2,1-2H3;1H. The first-order chi connectivity index (χ1) is 5.38. The molecule has 1 N–H and O–H groups in total. The summed E-state index contributed by atoms with van der Waals surface area (Å²) in [6.45, 7) is 2.87. The second kappa shape index (κ2) is 6.66. The zero-order valence-corrected chi connectivity index (χ0v) is 8.52. The maximum absolute atomic E-state index is 5.31. The van der Waals surface area contributed by atoms with Gasteiger partial charge in [-0.25, -0.2) is 0 Å². The molecule has 0 spiro atoms. The lowest BCUT2D eigenvalue weighted by Crippen LogP contribution is -2.43. The molecule has 4 heteroatoms. The van der Waals surface area contributed by atoms with Crippen LogP contribution in [0.15, 0.2) is 0 Å². The van der Waals surface area contributed by atoms with Gasteiger partial charge in [-0.15, -0.1) is 12.4 Å². The van der Waals surface area contributed by atoms with Gasteiger partial charge in [0, 0.05) is 26.7 Å². The third kappa shape index (κ3) is 3.27. The molecule has 1 heterocycles. The van der Waals surface area contributed by atoms with Crippen molar-refractivity contribution in [2.75, 3.05) is 33.9 Å². The van der Waals surface area contributed by atoms with Crippen LogP contribution in [0.2, 0.25) is 0 Å². The van der Waals surface area contributed by atoms with Gasteiger partial charge in [-0.3, -0.25) is 0 Å². The van der Waals surface area contributed by atoms with Crippen molar-refractivity contribution in [3.8, 4) is 0 Å². The van der Waals surface area contributed by atoms with Crippen molar-refractivity contribution in [1.82, 2.24) is 5.32 Å². The molecule has 74 valence electrons. The van der Waals surface area contributed by atoms with E-state index in [1.54, 1.807) is 14.2 Å². The quantitative estimate of drug-likeness (QED) is 0.719. The Kier molecular flexibility index (Phi) is 6.76. The lowest BCUT2D eigenvalue weighted by atomic mass is 9.96. The van der Waals surface area contributed by atoms with E-state index in [1.165, 1.54) is 0 Å². The third-order valence-electron chi connectivity index (χ3n) is 2.25. The van der Waals surface area contributed by atoms with E-state index in [9.17, 15) is 0 Å². The number of nitrogens with one attached hydrogen (secondary N) is 1. The van der Waals surface area contributed by atoms with Crippen LogP contribution in [0, 0.1) is 5.92 Å². The maximum atomic E-state index is 5.31. The van der Waals surface area contributed by atoms with Crippen molar-refractivity contribution in [1.29, 1.82) is 0 Å². The fraction of sp³-hybridized carbons (Fsp3) is 1.00. The highest BCUT2D eigenvalue weighted by Crippen LogP contribution is 2.14. The van der Waals surface area contributed by atoms with Crippen LogP contribution in [0.25, 0.3) is 0 Å². The summed E-state index contributed by atoms with van der Waals surface area (Å²) in [7, 11) is 3.51. The predicted molar refractivity (Wildman–Crippen MR) is 50.9 cm³/mol. The van der Waals surface area contributed by atoms with Crippen molar-refractivity contribution in [2.45, 2.75) is 12.5 Å². The van der Waals surface area contributed by atoms with Gasteiger partial charge in [-0.1, -0.05) is 0 Å². The summed E-state index contributed by atoms with van der Waals surface area (Å²) in [4.78, 5) is 0. The number of hydrogen-bond donors (Lipinski definition) is 1. The summed E-state index contributed by atoms with van der Waals surface area (Å²) in [6.07, 6.45) is 1.50. The Labute approximate surface area is 80.2 Å². The molecule has 0 aromatic heterocycles. The van der Waals surface area contributed by atoms with Gasteiger partial charge in [0.1, 0.15) is 0 Å². The maximum Gasteiger partial charge on any atom is 0.0746 e. The molecular weight excluding hydrogens is 178 g/mol. The summed E-state index contributed by atoms with van der Waals surface area (Å²) in [6, 6.07) is 0. The summed E-state index contributed by atoms with van der Waals surface area (Å²) < 4.78 is 10.4. The highest BCUT2D eigenvalue weighted by atomic mass is 35.5. The van der Waals surface area contributed by atoms with E-state index in [0.717, 1.165) is 26.1 Å². The molecule has 0 amide bonds. The van der Waals surface area contributed by atoms with E-state index in [4.69, 9.17) is 9.47 Å². The van der Waals surface area contributed by atoms with Gasteiger partial charge < -0.3 is 14.8 Å². The number of methoxy groups -OCH3 is 2. The first kappa shape index (κ1) is 12.2. The predicted octanol–water partition coefficient (Wildman–Crippen LogP) is 0.679. The molecule has 1 rings (SSSR count). The van der Waals surface area contributed by atoms with Crippen LogP contribution in [0.1, 0.15) is 6.42 Å². The summed E-state index contributed by atoms with van der Waals surface area (Å²) >= 11 is 0. The molecule has 0 aliphatic carbocycles. The molecule has 2 unspecified atom stereocenters. The number of hydrogen-bond acceptors (Lipinski definition) is 3. The lowest BCUT2D eigenvalue weighted by molar-refractivity contribution is -0.00107. The summed E-state index contributed by atoms with van der Waals surface area (Å²) in [5.41, 5.74) is 0. The third-order valence-corrected chi connectivity index (χ3v) is 2.25. The highest BCUT2D eigenvalue weighted by Gasteiger charge is 2.23. The smallest absolute Gasteiger partial charge is 0.0746 e. The minimum absolute atomic E-state index is 0. The summed E-state index contributed by atoms with van der Waals surface area (Å²) in [5, 5.41) is 3.29. The van der Waals surface area contributed by atoms with Gasteiger partial charge in [0.05, 0.1) is 12.7 Å². The average Bonchev–Trinajstić information content (AvgIpc) is 2.06. The SMILES string of the molecule is COCC1CCNCC1OC.Cl. The number of piperidine rings is 1. The van der Waals surface area contributed by atoms with Crippen molar-refractivity contribution in [3.63, 3.8) is 0 Å². The molecular formula is C8H18ClNO2. The number of halogens is 1. The Hall–Kier alpha value is 0.170. The molecule has 0 bridgehead atoms. The molecule has 0 saturated carbocycles. The summed E-state index contributed by atoms with van der Waals surface area (Å²) in [5.74, 6) is 0.575. The first-order valence-corrected chi connectivity index (χ1v) is 4.11. The normalized spacial score (nSPS) is 29.5. The zero-order chi connectivity index (χ0) is 8.10. The van der Waals surface area contributed by atoms with Gasteiger partial charge in [0.2, 0.25) is 0 Å². The minimum atomic E-state index is 0. The highest BCUT2D eigenvalue weighted by molar-refractivity contribution is 5.85. The van der Waals surface area contributed by atoms with E-state index in [-0.39, 0.29) is 12.4 Å². The van der Waals surface area contributed by atoms with Crippen molar-refractivity contribution in [2.24, 2.45) is 5.92 Å². The number of ether oxygens (including phenoxy) is 2. The Balaban J connectivity index is 0.00000121. The molecule has 0 aromatic carbocycles. The largest absolute Gasteiger partial charge is 0.384 e. The molecule has 0 radical (unpaired) electrons. The fourth-order valence-electron chi connectivity index (χ4n) is 1.56. The average molecular weight is 196 g/mol. The van der Waals surface area contributed by atoms with Crippen LogP contribution in [0.3, 0.4) is 0 Å². The fourth-order valence-corrected chi connectivity index (χ4v) is 1.56. The van der Waals surface area contributed by atoms with E-state index < -0.39 is 0 Å². The van der Waals surface area contributed by atoms with E-state index in [1.807, 2.05) is 0 Å². The Morgan fingerprint density at radius 2 is 2.17 bits per heavy atom. The van der Waals surface area contributed by atoms with Crippen LogP contribution in [-0.2, 0) is 9.47 Å². The minimum Gasteiger partial charge on any atom is -0.384 e. The molecule has 1 aliphatic rings. The Bertz CT molecular complexity index is 111. The van der Waals surface area contributed by atoms with Gasteiger partial charge in [-0.2, -0.15) is 0 Å². The van der Waals surface area contributed by atoms with E-state index >= 15 is 0 Å². The van der Waals surface area contributed by atoms with Gasteiger partial charge in [0.15, 0.2) is 0 Å². The van der Waals surface area contributed by atoms with Crippen LogP contribution in [0.4, 0.5) is 0 Å². The van der Waals surface area contributed by atoms with Crippen molar-refractivity contribution >= 4 is 12.4 Å². The first-order valence-electron chi connectivity index (χ1n) is 4.11. The Morgan fingerprint density at radius 3 is 2.75 bits per heavy atom. The molecule has 3 nitrogen and oxygen atoms in total. The molecule has 0 aromatic rings. The van der Waals surface area contributed by atoms with Crippen LogP contribution >= 0.6 is 12.4 Å². The topological polar surface area (TPSA) is 30.5 Å². The second-order valence-corrected chi connectivity index (χ2v) is 2.98. The zero-order valence-electron chi connectivity index (χ0n) is 7.71. The van der Waals surface area contributed by atoms with Crippen LogP contribution < -0.4 is 5.32 Å². The number of rotatable bonds is 3. The lowest BCUT2D eigenvalue weighted by Gasteiger charge is -2.30. The molecule has 1 aliphatic heterocycles.